The first-order valence-corrected chi connectivity index (χ1v) is 6.40. The lowest BCUT2D eigenvalue weighted by Gasteiger charge is -2.30. The van der Waals surface area contributed by atoms with Crippen LogP contribution in [-0.2, 0) is 11.6 Å². The summed E-state index contributed by atoms with van der Waals surface area (Å²) in [5.41, 5.74) is 0.455. The lowest BCUT2D eigenvalue weighted by Crippen LogP contribution is -2.23. The summed E-state index contributed by atoms with van der Waals surface area (Å²) in [5, 5.41) is 0. The molecule has 0 bridgehead atoms. The minimum Gasteiger partial charge on any atom is -0.166 e. The third-order valence-electron chi connectivity index (χ3n) is 3.74. The van der Waals surface area contributed by atoms with Gasteiger partial charge in [-0.05, 0) is 23.6 Å². The normalized spacial score (nSPS) is 14.8. The molecule has 0 aromatic heterocycles. The van der Waals surface area contributed by atoms with Gasteiger partial charge in [-0.3, -0.25) is 0 Å². The molecule has 2 aromatic carbocycles. The number of halogens is 3. The van der Waals surface area contributed by atoms with Gasteiger partial charge in [0.25, 0.3) is 0 Å². The second kappa shape index (κ2) is 5.31. The highest BCUT2D eigenvalue weighted by Gasteiger charge is 2.33. The molecule has 105 valence electrons. The molecule has 1 unspecified atom stereocenters. The van der Waals surface area contributed by atoms with Crippen molar-refractivity contribution in [2.75, 3.05) is 0 Å². The van der Waals surface area contributed by atoms with Crippen LogP contribution in [0.5, 0.6) is 0 Å². The van der Waals surface area contributed by atoms with E-state index in [1.54, 1.807) is 6.07 Å². The quantitative estimate of drug-likeness (QED) is 0.720. The molecular weight excluding hydrogens is 261 g/mol. The van der Waals surface area contributed by atoms with Crippen LogP contribution in [0.1, 0.15) is 30.0 Å². The molecular formula is C17H16F3. The van der Waals surface area contributed by atoms with Gasteiger partial charge in [-0.25, -0.2) is 0 Å². The standard InChI is InChI=1S/C17H16F3/c1-3-16(2,13-8-5-4-6-9-13)14-10-7-11-15(12-14)17(18,19)20/h4-12H,1,3H2,2H3. The van der Waals surface area contributed by atoms with Gasteiger partial charge in [0, 0.05) is 5.41 Å². The Balaban J connectivity index is 2.53. The largest absolute Gasteiger partial charge is 0.416 e. The van der Waals surface area contributed by atoms with E-state index in [2.05, 4.69) is 6.92 Å². The van der Waals surface area contributed by atoms with E-state index in [1.165, 1.54) is 12.1 Å². The van der Waals surface area contributed by atoms with E-state index in [1.807, 2.05) is 37.3 Å². The predicted molar refractivity (Wildman–Crippen MR) is 74.3 cm³/mol. The molecule has 2 rings (SSSR count). The fourth-order valence-electron chi connectivity index (χ4n) is 2.30. The number of hydrogen-bond acceptors (Lipinski definition) is 0. The molecule has 0 aliphatic heterocycles. The zero-order valence-corrected chi connectivity index (χ0v) is 11.2. The second-order valence-corrected chi connectivity index (χ2v) is 5.03. The maximum absolute atomic E-state index is 12.8. The first-order chi connectivity index (χ1) is 9.38. The maximum atomic E-state index is 12.8. The molecule has 0 aliphatic carbocycles. The molecule has 0 fully saturated rings. The lowest BCUT2D eigenvalue weighted by molar-refractivity contribution is -0.137. The first kappa shape index (κ1) is 14.6. The molecule has 0 saturated carbocycles. The average Bonchev–Trinajstić information content (AvgIpc) is 2.46. The zero-order valence-electron chi connectivity index (χ0n) is 11.2. The number of benzene rings is 2. The smallest absolute Gasteiger partial charge is 0.166 e. The van der Waals surface area contributed by atoms with E-state index < -0.39 is 17.2 Å². The summed E-state index contributed by atoms with van der Waals surface area (Å²) < 4.78 is 38.5. The number of alkyl halides is 3. The topological polar surface area (TPSA) is 0 Å². The molecule has 0 aliphatic rings. The van der Waals surface area contributed by atoms with Crippen molar-refractivity contribution < 1.29 is 13.2 Å². The van der Waals surface area contributed by atoms with Crippen LogP contribution in [0.3, 0.4) is 0 Å². The Morgan fingerprint density at radius 3 is 1.95 bits per heavy atom. The minimum atomic E-state index is -4.32. The molecule has 0 saturated heterocycles. The summed E-state index contributed by atoms with van der Waals surface area (Å²) in [7, 11) is 0. The van der Waals surface area contributed by atoms with E-state index in [-0.39, 0.29) is 0 Å². The van der Waals surface area contributed by atoms with Crippen molar-refractivity contribution in [2.45, 2.75) is 24.9 Å². The van der Waals surface area contributed by atoms with Gasteiger partial charge in [0.05, 0.1) is 5.56 Å². The van der Waals surface area contributed by atoms with Crippen molar-refractivity contribution in [1.29, 1.82) is 0 Å². The van der Waals surface area contributed by atoms with E-state index in [0.29, 0.717) is 12.0 Å². The van der Waals surface area contributed by atoms with Crippen LogP contribution in [0.2, 0.25) is 0 Å². The predicted octanol–water partition coefficient (Wildman–Crippen LogP) is 5.24. The Labute approximate surface area is 117 Å². The van der Waals surface area contributed by atoms with Crippen LogP contribution in [0.4, 0.5) is 13.2 Å². The van der Waals surface area contributed by atoms with Gasteiger partial charge in [0.1, 0.15) is 0 Å². The Bertz CT molecular complexity index is 572. The van der Waals surface area contributed by atoms with E-state index in [4.69, 9.17) is 0 Å². The minimum absolute atomic E-state index is 0.484. The van der Waals surface area contributed by atoms with Crippen molar-refractivity contribution in [3.05, 3.63) is 78.2 Å². The SMILES string of the molecule is [CH2]CC(C)(c1ccccc1)c1cccc(C(F)(F)F)c1. The number of hydrogen-bond donors (Lipinski definition) is 0. The Morgan fingerprint density at radius 1 is 0.850 bits per heavy atom. The molecule has 1 atom stereocenters. The zero-order chi connectivity index (χ0) is 14.8. The Kier molecular flexibility index (Phi) is 3.89. The second-order valence-electron chi connectivity index (χ2n) is 5.03. The van der Waals surface area contributed by atoms with E-state index in [0.717, 1.165) is 11.6 Å². The third kappa shape index (κ3) is 2.72. The van der Waals surface area contributed by atoms with Crippen LogP contribution in [0, 0.1) is 6.92 Å². The van der Waals surface area contributed by atoms with Crippen LogP contribution >= 0.6 is 0 Å². The third-order valence-corrected chi connectivity index (χ3v) is 3.74. The van der Waals surface area contributed by atoms with Gasteiger partial charge in [-0.1, -0.05) is 62.4 Å². The monoisotopic (exact) mass is 277 g/mol. The summed E-state index contributed by atoms with van der Waals surface area (Å²) in [6.07, 6.45) is -3.84. The molecule has 0 nitrogen and oxygen atoms in total. The summed E-state index contributed by atoms with van der Waals surface area (Å²) >= 11 is 0. The molecule has 20 heavy (non-hydrogen) atoms. The van der Waals surface area contributed by atoms with E-state index >= 15 is 0 Å². The van der Waals surface area contributed by atoms with Crippen molar-refractivity contribution in [1.82, 2.24) is 0 Å². The van der Waals surface area contributed by atoms with Gasteiger partial charge in [-0.15, -0.1) is 0 Å². The van der Waals surface area contributed by atoms with Gasteiger partial charge >= 0.3 is 6.18 Å². The average molecular weight is 277 g/mol. The van der Waals surface area contributed by atoms with Gasteiger partial charge < -0.3 is 0 Å². The highest BCUT2D eigenvalue weighted by molar-refractivity contribution is 5.40. The Hall–Kier alpha value is -1.77. The van der Waals surface area contributed by atoms with Crippen molar-refractivity contribution in [3.8, 4) is 0 Å². The van der Waals surface area contributed by atoms with Crippen molar-refractivity contribution >= 4 is 0 Å². The van der Waals surface area contributed by atoms with Gasteiger partial charge in [0.2, 0.25) is 0 Å². The fraction of sp³-hybridized carbons (Fsp3) is 0.235. The lowest BCUT2D eigenvalue weighted by atomic mass is 9.74. The summed E-state index contributed by atoms with van der Waals surface area (Å²) in [5.74, 6) is 0. The van der Waals surface area contributed by atoms with Crippen molar-refractivity contribution in [2.24, 2.45) is 0 Å². The summed E-state index contributed by atoms with van der Waals surface area (Å²) in [6.45, 7) is 5.84. The fourth-order valence-corrected chi connectivity index (χ4v) is 2.30. The molecule has 0 amide bonds. The van der Waals surface area contributed by atoms with Crippen LogP contribution in [-0.4, -0.2) is 0 Å². The molecule has 2 aromatic rings. The maximum Gasteiger partial charge on any atom is 0.416 e. The first-order valence-electron chi connectivity index (χ1n) is 6.40. The molecule has 0 N–H and O–H groups in total. The van der Waals surface area contributed by atoms with E-state index in [9.17, 15) is 13.2 Å². The highest BCUT2D eigenvalue weighted by atomic mass is 19.4. The number of rotatable bonds is 3. The van der Waals surface area contributed by atoms with Crippen LogP contribution in [0.25, 0.3) is 0 Å². The molecule has 0 heterocycles. The van der Waals surface area contributed by atoms with Crippen LogP contribution in [0.15, 0.2) is 54.6 Å². The molecule has 0 spiro atoms. The van der Waals surface area contributed by atoms with Gasteiger partial charge in [0.15, 0.2) is 0 Å². The van der Waals surface area contributed by atoms with Crippen molar-refractivity contribution in [3.63, 3.8) is 0 Å². The summed E-state index contributed by atoms with van der Waals surface area (Å²) in [4.78, 5) is 0. The Morgan fingerprint density at radius 2 is 1.40 bits per heavy atom. The molecule has 1 radical (unpaired) electrons. The van der Waals surface area contributed by atoms with Gasteiger partial charge in [-0.2, -0.15) is 13.2 Å². The molecule has 3 heteroatoms. The highest BCUT2D eigenvalue weighted by Crippen LogP contribution is 2.38. The van der Waals surface area contributed by atoms with Crippen LogP contribution < -0.4 is 0 Å². The summed E-state index contributed by atoms with van der Waals surface area (Å²) in [6, 6.07) is 15.0.